The lowest BCUT2D eigenvalue weighted by molar-refractivity contribution is 0.264. The van der Waals surface area contributed by atoms with Crippen LogP contribution in [-0.4, -0.2) is 18.3 Å². The predicted octanol–water partition coefficient (Wildman–Crippen LogP) is 4.06. The Morgan fingerprint density at radius 3 is 2.65 bits per heavy atom. The third kappa shape index (κ3) is 3.99. The van der Waals surface area contributed by atoms with Crippen LogP contribution < -0.4 is 4.74 Å². The van der Waals surface area contributed by atoms with E-state index in [-0.39, 0.29) is 12.5 Å². The van der Waals surface area contributed by atoms with Gasteiger partial charge in [-0.3, -0.25) is 0 Å². The Morgan fingerprint density at radius 1 is 1.15 bits per heavy atom. The van der Waals surface area contributed by atoms with E-state index in [1.165, 1.54) is 0 Å². The van der Waals surface area contributed by atoms with Crippen molar-refractivity contribution < 1.29 is 9.84 Å². The molecule has 1 unspecified atom stereocenters. The van der Waals surface area contributed by atoms with Crippen molar-refractivity contribution in [2.45, 2.75) is 19.3 Å². The molecule has 0 heterocycles. The largest absolute Gasteiger partial charge is 0.494 e. The summed E-state index contributed by atoms with van der Waals surface area (Å²) >= 11 is 6.01. The molecule has 106 valence electrons. The third-order valence-corrected chi connectivity index (χ3v) is 3.47. The fraction of sp³-hybridized carbons (Fsp3) is 0.294. The zero-order valence-electron chi connectivity index (χ0n) is 11.6. The molecule has 0 saturated carbocycles. The molecule has 0 fully saturated rings. The van der Waals surface area contributed by atoms with Crippen LogP contribution in [0.15, 0.2) is 48.5 Å². The van der Waals surface area contributed by atoms with E-state index in [0.29, 0.717) is 11.6 Å². The normalized spacial score (nSPS) is 12.2. The van der Waals surface area contributed by atoms with Crippen LogP contribution in [0.4, 0.5) is 0 Å². The molecule has 0 spiro atoms. The van der Waals surface area contributed by atoms with Gasteiger partial charge in [0.2, 0.25) is 0 Å². The monoisotopic (exact) mass is 290 g/mol. The maximum Gasteiger partial charge on any atom is 0.119 e. The lowest BCUT2D eigenvalue weighted by atomic mass is 9.92. The van der Waals surface area contributed by atoms with Gasteiger partial charge in [0.15, 0.2) is 0 Å². The Hall–Kier alpha value is -1.51. The van der Waals surface area contributed by atoms with E-state index >= 15 is 0 Å². The standard InChI is InChI=1S/C17H19ClO2/c1-2-20-17-8-3-5-13(10-17)9-15(12-19)14-6-4-7-16(18)11-14/h3-8,10-11,15,19H,2,9,12H2,1H3. The number of hydrogen-bond acceptors (Lipinski definition) is 2. The number of aliphatic hydroxyl groups excluding tert-OH is 1. The smallest absolute Gasteiger partial charge is 0.119 e. The minimum atomic E-state index is 0.0468. The molecular formula is C17H19ClO2. The summed E-state index contributed by atoms with van der Waals surface area (Å²) in [5, 5.41) is 10.3. The first-order valence-electron chi connectivity index (χ1n) is 6.81. The summed E-state index contributed by atoms with van der Waals surface area (Å²) in [6.45, 7) is 2.72. The Labute approximate surface area is 125 Å². The average Bonchev–Trinajstić information content (AvgIpc) is 2.45. The third-order valence-electron chi connectivity index (χ3n) is 3.23. The Bertz CT molecular complexity index is 554. The molecule has 1 atom stereocenters. The molecule has 0 aliphatic rings. The molecule has 0 saturated heterocycles. The number of hydrogen-bond donors (Lipinski definition) is 1. The van der Waals surface area contributed by atoms with Crippen molar-refractivity contribution in [2.24, 2.45) is 0 Å². The van der Waals surface area contributed by atoms with E-state index in [9.17, 15) is 5.11 Å². The summed E-state index contributed by atoms with van der Waals surface area (Å²) in [7, 11) is 0. The van der Waals surface area contributed by atoms with Gasteiger partial charge in [-0.05, 0) is 48.7 Å². The van der Waals surface area contributed by atoms with Crippen LogP contribution in [0, 0.1) is 0 Å². The van der Waals surface area contributed by atoms with Gasteiger partial charge in [-0.25, -0.2) is 0 Å². The molecule has 0 aliphatic carbocycles. The van der Waals surface area contributed by atoms with Crippen LogP contribution >= 0.6 is 11.6 Å². The molecule has 1 N–H and O–H groups in total. The summed E-state index contributed by atoms with van der Waals surface area (Å²) in [4.78, 5) is 0. The van der Waals surface area contributed by atoms with Crippen molar-refractivity contribution in [2.75, 3.05) is 13.2 Å². The molecule has 2 rings (SSSR count). The summed E-state index contributed by atoms with van der Waals surface area (Å²) in [5.41, 5.74) is 2.21. The fourth-order valence-corrected chi connectivity index (χ4v) is 2.46. The van der Waals surface area contributed by atoms with Gasteiger partial charge in [0.25, 0.3) is 0 Å². The quantitative estimate of drug-likeness (QED) is 0.869. The van der Waals surface area contributed by atoms with E-state index in [2.05, 4.69) is 6.07 Å². The van der Waals surface area contributed by atoms with Crippen molar-refractivity contribution in [3.8, 4) is 5.75 Å². The van der Waals surface area contributed by atoms with E-state index in [1.807, 2.05) is 49.4 Å². The van der Waals surface area contributed by atoms with Crippen LogP contribution in [0.1, 0.15) is 24.0 Å². The summed E-state index contributed by atoms with van der Waals surface area (Å²) in [5.74, 6) is 0.915. The Balaban J connectivity index is 2.15. The maximum atomic E-state index is 9.63. The second-order valence-corrected chi connectivity index (χ2v) is 5.16. The van der Waals surface area contributed by atoms with Gasteiger partial charge in [0.05, 0.1) is 13.2 Å². The van der Waals surface area contributed by atoms with Crippen LogP contribution in [-0.2, 0) is 6.42 Å². The van der Waals surface area contributed by atoms with Gasteiger partial charge in [0.1, 0.15) is 5.75 Å². The first-order valence-corrected chi connectivity index (χ1v) is 7.18. The summed E-state index contributed by atoms with van der Waals surface area (Å²) in [6, 6.07) is 15.7. The van der Waals surface area contributed by atoms with Gasteiger partial charge in [-0.1, -0.05) is 35.9 Å². The fourth-order valence-electron chi connectivity index (χ4n) is 2.26. The van der Waals surface area contributed by atoms with Crippen molar-refractivity contribution in [3.63, 3.8) is 0 Å². The molecule has 0 bridgehead atoms. The number of aliphatic hydroxyl groups is 1. The van der Waals surface area contributed by atoms with Gasteiger partial charge in [-0.15, -0.1) is 0 Å². The van der Waals surface area contributed by atoms with Crippen LogP contribution in [0.2, 0.25) is 5.02 Å². The van der Waals surface area contributed by atoms with E-state index in [4.69, 9.17) is 16.3 Å². The van der Waals surface area contributed by atoms with Gasteiger partial charge < -0.3 is 9.84 Å². The topological polar surface area (TPSA) is 29.5 Å². The van der Waals surface area contributed by atoms with Gasteiger partial charge >= 0.3 is 0 Å². The minimum absolute atomic E-state index is 0.0468. The van der Waals surface area contributed by atoms with Gasteiger partial charge in [0, 0.05) is 10.9 Å². The van der Waals surface area contributed by atoms with E-state index < -0.39 is 0 Å². The van der Waals surface area contributed by atoms with Crippen molar-refractivity contribution in [3.05, 3.63) is 64.7 Å². The highest BCUT2D eigenvalue weighted by molar-refractivity contribution is 6.30. The molecule has 2 aromatic rings. The zero-order valence-corrected chi connectivity index (χ0v) is 12.3. The van der Waals surface area contributed by atoms with Crippen LogP contribution in [0.5, 0.6) is 5.75 Å². The lowest BCUT2D eigenvalue weighted by Crippen LogP contribution is -2.08. The second kappa shape index (κ2) is 7.32. The summed E-state index contributed by atoms with van der Waals surface area (Å²) < 4.78 is 5.50. The molecule has 2 nitrogen and oxygen atoms in total. The van der Waals surface area contributed by atoms with E-state index in [0.717, 1.165) is 23.3 Å². The number of halogens is 1. The molecule has 0 aromatic heterocycles. The number of ether oxygens (including phenoxy) is 1. The van der Waals surface area contributed by atoms with Crippen molar-refractivity contribution in [1.29, 1.82) is 0 Å². The molecule has 2 aromatic carbocycles. The second-order valence-electron chi connectivity index (χ2n) is 4.72. The molecule has 20 heavy (non-hydrogen) atoms. The number of rotatable bonds is 6. The minimum Gasteiger partial charge on any atom is -0.494 e. The Kier molecular flexibility index (Phi) is 5.45. The van der Waals surface area contributed by atoms with Crippen LogP contribution in [0.3, 0.4) is 0 Å². The highest BCUT2D eigenvalue weighted by Gasteiger charge is 2.12. The first kappa shape index (κ1) is 14.9. The summed E-state index contributed by atoms with van der Waals surface area (Å²) in [6.07, 6.45) is 0.762. The van der Waals surface area contributed by atoms with Crippen LogP contribution in [0.25, 0.3) is 0 Å². The first-order chi connectivity index (χ1) is 9.72. The average molecular weight is 291 g/mol. The van der Waals surface area contributed by atoms with E-state index in [1.54, 1.807) is 0 Å². The SMILES string of the molecule is CCOc1cccc(CC(CO)c2cccc(Cl)c2)c1. The molecule has 0 radical (unpaired) electrons. The molecule has 3 heteroatoms. The van der Waals surface area contributed by atoms with Crippen molar-refractivity contribution >= 4 is 11.6 Å². The lowest BCUT2D eigenvalue weighted by Gasteiger charge is -2.15. The molecular weight excluding hydrogens is 272 g/mol. The maximum absolute atomic E-state index is 9.63. The highest BCUT2D eigenvalue weighted by atomic mass is 35.5. The molecule has 0 aliphatic heterocycles. The Morgan fingerprint density at radius 2 is 1.95 bits per heavy atom. The molecule has 0 amide bonds. The van der Waals surface area contributed by atoms with Crippen molar-refractivity contribution in [1.82, 2.24) is 0 Å². The van der Waals surface area contributed by atoms with Gasteiger partial charge in [-0.2, -0.15) is 0 Å². The zero-order chi connectivity index (χ0) is 14.4. The highest BCUT2D eigenvalue weighted by Crippen LogP contribution is 2.24. The predicted molar refractivity (Wildman–Crippen MR) is 82.6 cm³/mol. The number of benzene rings is 2.